The van der Waals surface area contributed by atoms with Gasteiger partial charge in [-0.05, 0) is 43.3 Å². The quantitative estimate of drug-likeness (QED) is 0.727. The van der Waals surface area contributed by atoms with E-state index in [1.165, 1.54) is 0 Å². The van der Waals surface area contributed by atoms with Gasteiger partial charge in [0.1, 0.15) is 17.3 Å². The van der Waals surface area contributed by atoms with Gasteiger partial charge in [-0.2, -0.15) is 5.10 Å². The molecule has 122 valence electrons. The minimum atomic E-state index is -0.178. The molecule has 0 fully saturated rings. The Morgan fingerprint density at radius 3 is 2.75 bits per heavy atom. The van der Waals surface area contributed by atoms with E-state index >= 15 is 0 Å². The number of hydrogen-bond acceptors (Lipinski definition) is 5. The van der Waals surface area contributed by atoms with E-state index in [0.29, 0.717) is 29.6 Å². The first-order valence-electron chi connectivity index (χ1n) is 7.60. The van der Waals surface area contributed by atoms with Gasteiger partial charge >= 0.3 is 0 Å². The molecule has 24 heavy (non-hydrogen) atoms. The number of carbonyl (C=O) groups is 1. The van der Waals surface area contributed by atoms with E-state index in [1.54, 1.807) is 18.3 Å². The molecule has 0 aliphatic rings. The predicted molar refractivity (Wildman–Crippen MR) is 89.6 cm³/mol. The third kappa shape index (κ3) is 3.95. The molecule has 3 rings (SSSR count). The van der Waals surface area contributed by atoms with E-state index < -0.39 is 0 Å². The number of aromatic nitrogens is 4. The van der Waals surface area contributed by atoms with Gasteiger partial charge in [-0.1, -0.05) is 6.07 Å². The molecule has 2 heterocycles. The Morgan fingerprint density at radius 1 is 1.21 bits per heavy atom. The Hall–Kier alpha value is -3.22. The van der Waals surface area contributed by atoms with Crippen LogP contribution < -0.4 is 10.1 Å². The molecule has 0 saturated heterocycles. The fourth-order valence-electron chi connectivity index (χ4n) is 2.14. The summed E-state index contributed by atoms with van der Waals surface area (Å²) in [5.74, 6) is 1.55. The number of nitrogens with one attached hydrogen (secondary N) is 2. The molecule has 0 spiro atoms. The van der Waals surface area contributed by atoms with Gasteiger partial charge in [-0.15, -0.1) is 0 Å². The lowest BCUT2D eigenvalue weighted by Gasteiger charge is -2.06. The number of benzene rings is 1. The van der Waals surface area contributed by atoms with Crippen molar-refractivity contribution in [3.8, 4) is 17.3 Å². The van der Waals surface area contributed by atoms with Crippen LogP contribution in [0.2, 0.25) is 0 Å². The molecule has 0 saturated carbocycles. The molecule has 0 aliphatic carbocycles. The number of anilines is 1. The van der Waals surface area contributed by atoms with Crippen LogP contribution in [0.3, 0.4) is 0 Å². The van der Waals surface area contributed by atoms with E-state index in [-0.39, 0.29) is 12.3 Å². The number of carbonyl (C=O) groups excluding carboxylic acids is 1. The molecule has 7 nitrogen and oxygen atoms in total. The van der Waals surface area contributed by atoms with Crippen LogP contribution in [0.4, 0.5) is 5.69 Å². The molecule has 0 atom stereocenters. The van der Waals surface area contributed by atoms with Gasteiger partial charge in [0.15, 0.2) is 5.82 Å². The summed E-state index contributed by atoms with van der Waals surface area (Å²) in [5.41, 5.74) is 1.36. The molecule has 1 amide bonds. The van der Waals surface area contributed by atoms with Crippen LogP contribution in [0, 0.1) is 0 Å². The summed E-state index contributed by atoms with van der Waals surface area (Å²) in [6, 6.07) is 12.7. The number of hydrogen-bond donors (Lipinski definition) is 2. The highest BCUT2D eigenvalue weighted by molar-refractivity contribution is 5.91. The van der Waals surface area contributed by atoms with Crippen LogP contribution in [0.1, 0.15) is 12.7 Å². The highest BCUT2D eigenvalue weighted by Gasteiger charge is 2.10. The number of nitrogens with zero attached hydrogens (tertiary/aromatic N) is 3. The molecule has 7 heteroatoms. The molecule has 3 aromatic rings. The fraction of sp³-hybridized carbons (Fsp3) is 0.176. The third-order valence-electron chi connectivity index (χ3n) is 3.20. The molecule has 2 N–H and O–H groups in total. The second-order valence-corrected chi connectivity index (χ2v) is 5.00. The number of pyridine rings is 1. The Bertz CT molecular complexity index is 799. The van der Waals surface area contributed by atoms with Crippen molar-refractivity contribution in [1.29, 1.82) is 0 Å². The van der Waals surface area contributed by atoms with Gasteiger partial charge in [0, 0.05) is 11.9 Å². The standard InChI is InChI=1S/C17H17N5O2/c1-2-24-13-8-6-12(7-9-13)19-16(23)11-15-20-17(22-21-15)14-5-3-4-10-18-14/h3-10H,2,11H2,1H3,(H,19,23)(H,20,21,22). The third-order valence-corrected chi connectivity index (χ3v) is 3.20. The van der Waals surface area contributed by atoms with Crippen molar-refractivity contribution in [1.82, 2.24) is 20.2 Å². The van der Waals surface area contributed by atoms with E-state index in [4.69, 9.17) is 4.74 Å². The van der Waals surface area contributed by atoms with E-state index in [1.807, 2.05) is 37.3 Å². The molecular weight excluding hydrogens is 306 g/mol. The van der Waals surface area contributed by atoms with Gasteiger partial charge in [0.2, 0.25) is 5.91 Å². The van der Waals surface area contributed by atoms with E-state index in [9.17, 15) is 4.79 Å². The van der Waals surface area contributed by atoms with E-state index in [0.717, 1.165) is 5.75 Å². The summed E-state index contributed by atoms with van der Waals surface area (Å²) in [6.45, 7) is 2.53. The first kappa shape index (κ1) is 15.7. The molecule has 0 aliphatic heterocycles. The Labute approximate surface area is 139 Å². The van der Waals surface area contributed by atoms with Crippen molar-refractivity contribution in [3.05, 3.63) is 54.5 Å². The average molecular weight is 323 g/mol. The SMILES string of the molecule is CCOc1ccc(NC(=O)Cc2nc(-c3ccccn3)n[nH]2)cc1. The Kier molecular flexibility index (Phi) is 4.81. The molecule has 2 aromatic heterocycles. The van der Waals surface area contributed by atoms with Crippen molar-refractivity contribution in [3.63, 3.8) is 0 Å². The monoisotopic (exact) mass is 323 g/mol. The maximum Gasteiger partial charge on any atom is 0.232 e. The molecule has 0 bridgehead atoms. The molecule has 0 radical (unpaired) electrons. The number of aromatic amines is 1. The van der Waals surface area contributed by atoms with Gasteiger partial charge in [-0.25, -0.2) is 4.98 Å². The summed E-state index contributed by atoms with van der Waals surface area (Å²) in [4.78, 5) is 20.6. The summed E-state index contributed by atoms with van der Waals surface area (Å²) in [7, 11) is 0. The molecular formula is C17H17N5O2. The lowest BCUT2D eigenvalue weighted by Crippen LogP contribution is -2.15. The molecule has 1 aromatic carbocycles. The number of ether oxygens (including phenoxy) is 1. The highest BCUT2D eigenvalue weighted by Crippen LogP contribution is 2.16. The average Bonchev–Trinajstić information content (AvgIpc) is 3.06. The second kappa shape index (κ2) is 7.36. The van der Waals surface area contributed by atoms with Gasteiger partial charge < -0.3 is 10.1 Å². The normalized spacial score (nSPS) is 10.4. The maximum atomic E-state index is 12.1. The van der Waals surface area contributed by atoms with Crippen molar-refractivity contribution in [2.24, 2.45) is 0 Å². The first-order chi connectivity index (χ1) is 11.7. The van der Waals surface area contributed by atoms with Crippen molar-refractivity contribution >= 4 is 11.6 Å². The zero-order valence-corrected chi connectivity index (χ0v) is 13.2. The van der Waals surface area contributed by atoms with E-state index in [2.05, 4.69) is 25.5 Å². The minimum absolute atomic E-state index is 0.104. The Balaban J connectivity index is 1.60. The summed E-state index contributed by atoms with van der Waals surface area (Å²) < 4.78 is 5.36. The number of H-pyrrole nitrogens is 1. The molecule has 0 unspecified atom stereocenters. The summed E-state index contributed by atoms with van der Waals surface area (Å²) in [5, 5.41) is 9.66. The van der Waals surface area contributed by atoms with Crippen LogP contribution in [-0.4, -0.2) is 32.7 Å². The first-order valence-corrected chi connectivity index (χ1v) is 7.60. The van der Waals surface area contributed by atoms with Crippen molar-refractivity contribution in [2.45, 2.75) is 13.3 Å². The predicted octanol–water partition coefficient (Wildman–Crippen LogP) is 2.45. The summed E-state index contributed by atoms with van der Waals surface area (Å²) in [6.07, 6.45) is 1.77. The smallest absolute Gasteiger partial charge is 0.232 e. The minimum Gasteiger partial charge on any atom is -0.494 e. The fourth-order valence-corrected chi connectivity index (χ4v) is 2.14. The summed E-state index contributed by atoms with van der Waals surface area (Å²) >= 11 is 0. The lowest BCUT2D eigenvalue weighted by molar-refractivity contribution is -0.115. The van der Waals surface area contributed by atoms with Crippen LogP contribution in [-0.2, 0) is 11.2 Å². The van der Waals surface area contributed by atoms with Crippen molar-refractivity contribution < 1.29 is 9.53 Å². The second-order valence-electron chi connectivity index (χ2n) is 5.00. The Morgan fingerprint density at radius 2 is 2.04 bits per heavy atom. The highest BCUT2D eigenvalue weighted by atomic mass is 16.5. The largest absolute Gasteiger partial charge is 0.494 e. The zero-order chi connectivity index (χ0) is 16.8. The number of rotatable bonds is 6. The zero-order valence-electron chi connectivity index (χ0n) is 13.2. The van der Waals surface area contributed by atoms with Crippen LogP contribution in [0.25, 0.3) is 11.5 Å². The van der Waals surface area contributed by atoms with Gasteiger partial charge in [0.25, 0.3) is 0 Å². The van der Waals surface area contributed by atoms with Crippen LogP contribution in [0.15, 0.2) is 48.7 Å². The van der Waals surface area contributed by atoms with Gasteiger partial charge in [-0.3, -0.25) is 14.9 Å². The van der Waals surface area contributed by atoms with Crippen LogP contribution in [0.5, 0.6) is 5.75 Å². The topological polar surface area (TPSA) is 92.8 Å². The number of amides is 1. The van der Waals surface area contributed by atoms with Gasteiger partial charge in [0.05, 0.1) is 13.0 Å². The van der Waals surface area contributed by atoms with Crippen LogP contribution >= 0.6 is 0 Å². The van der Waals surface area contributed by atoms with Crippen molar-refractivity contribution in [2.75, 3.05) is 11.9 Å². The lowest BCUT2D eigenvalue weighted by atomic mass is 10.3. The maximum absolute atomic E-state index is 12.1.